The van der Waals surface area contributed by atoms with E-state index in [4.69, 9.17) is 22.3 Å². The van der Waals surface area contributed by atoms with E-state index in [9.17, 15) is 0 Å². The molecule has 0 saturated heterocycles. The van der Waals surface area contributed by atoms with Crippen LogP contribution >= 0.6 is 11.6 Å². The number of aromatic nitrogens is 5. The fourth-order valence-electron chi connectivity index (χ4n) is 2.60. The molecule has 108 valence electrons. The SMILES string of the molecule is NCCn1cc(-c2nc3cc(Cl)ccc3n2C2CC2)nn1. The molecule has 3 aromatic rings. The lowest BCUT2D eigenvalue weighted by Crippen LogP contribution is -2.10. The van der Waals surface area contributed by atoms with Gasteiger partial charge in [0.25, 0.3) is 0 Å². The molecular formula is C14H15ClN6. The minimum absolute atomic E-state index is 0.505. The van der Waals surface area contributed by atoms with E-state index in [-0.39, 0.29) is 0 Å². The Morgan fingerprint density at radius 1 is 1.33 bits per heavy atom. The zero-order valence-electron chi connectivity index (χ0n) is 11.4. The summed E-state index contributed by atoms with van der Waals surface area (Å²) in [5.41, 5.74) is 8.33. The van der Waals surface area contributed by atoms with Gasteiger partial charge >= 0.3 is 0 Å². The molecule has 7 heteroatoms. The number of imidazole rings is 1. The van der Waals surface area contributed by atoms with Crippen LogP contribution in [0, 0.1) is 0 Å². The van der Waals surface area contributed by atoms with E-state index in [1.54, 1.807) is 4.68 Å². The van der Waals surface area contributed by atoms with Gasteiger partial charge in [0.05, 0.1) is 23.8 Å². The van der Waals surface area contributed by atoms with E-state index >= 15 is 0 Å². The lowest BCUT2D eigenvalue weighted by atomic mass is 10.3. The molecule has 1 fully saturated rings. The molecule has 21 heavy (non-hydrogen) atoms. The second-order valence-corrected chi connectivity index (χ2v) is 5.76. The molecule has 0 atom stereocenters. The zero-order valence-corrected chi connectivity index (χ0v) is 12.2. The van der Waals surface area contributed by atoms with E-state index in [2.05, 4.69) is 14.9 Å². The van der Waals surface area contributed by atoms with Gasteiger partial charge in [0, 0.05) is 17.6 Å². The Labute approximate surface area is 126 Å². The van der Waals surface area contributed by atoms with Crippen LogP contribution in [-0.4, -0.2) is 31.1 Å². The first-order valence-corrected chi connectivity index (χ1v) is 7.42. The maximum Gasteiger partial charge on any atom is 0.163 e. The first kappa shape index (κ1) is 12.8. The summed E-state index contributed by atoms with van der Waals surface area (Å²) >= 11 is 6.07. The third-order valence-electron chi connectivity index (χ3n) is 3.69. The van der Waals surface area contributed by atoms with Crippen LogP contribution in [0.5, 0.6) is 0 Å². The van der Waals surface area contributed by atoms with E-state index in [1.165, 1.54) is 12.8 Å². The first-order chi connectivity index (χ1) is 10.3. The molecule has 1 aliphatic carbocycles. The number of nitrogens with zero attached hydrogens (tertiary/aromatic N) is 5. The van der Waals surface area contributed by atoms with Crippen molar-refractivity contribution in [3.05, 3.63) is 29.4 Å². The Morgan fingerprint density at radius 3 is 2.95 bits per heavy atom. The van der Waals surface area contributed by atoms with Crippen LogP contribution in [0.15, 0.2) is 24.4 Å². The quantitative estimate of drug-likeness (QED) is 0.802. The number of fused-ring (bicyclic) bond motifs is 1. The molecule has 0 radical (unpaired) electrons. The van der Waals surface area contributed by atoms with Gasteiger partial charge in [-0.15, -0.1) is 5.10 Å². The van der Waals surface area contributed by atoms with E-state index < -0.39 is 0 Å². The van der Waals surface area contributed by atoms with Crippen molar-refractivity contribution in [3.8, 4) is 11.5 Å². The van der Waals surface area contributed by atoms with E-state index in [0.29, 0.717) is 24.2 Å². The van der Waals surface area contributed by atoms with Crippen molar-refractivity contribution >= 4 is 22.6 Å². The van der Waals surface area contributed by atoms with E-state index in [1.807, 2.05) is 24.4 Å². The van der Waals surface area contributed by atoms with Crippen molar-refractivity contribution < 1.29 is 0 Å². The number of halogens is 1. The predicted molar refractivity (Wildman–Crippen MR) is 81.1 cm³/mol. The Balaban J connectivity index is 1.88. The molecule has 0 aliphatic heterocycles. The zero-order chi connectivity index (χ0) is 14.4. The lowest BCUT2D eigenvalue weighted by molar-refractivity contribution is 0.598. The van der Waals surface area contributed by atoms with Crippen LogP contribution in [0.25, 0.3) is 22.6 Å². The van der Waals surface area contributed by atoms with Crippen LogP contribution in [0.4, 0.5) is 0 Å². The summed E-state index contributed by atoms with van der Waals surface area (Å²) in [5, 5.41) is 9.03. The summed E-state index contributed by atoms with van der Waals surface area (Å²) < 4.78 is 4.00. The van der Waals surface area contributed by atoms with Gasteiger partial charge < -0.3 is 10.3 Å². The van der Waals surface area contributed by atoms with Gasteiger partial charge in [0.1, 0.15) is 5.69 Å². The average molecular weight is 303 g/mol. The van der Waals surface area contributed by atoms with Crippen molar-refractivity contribution in [3.63, 3.8) is 0 Å². The monoisotopic (exact) mass is 302 g/mol. The predicted octanol–water partition coefficient (Wildman–Crippen LogP) is 2.24. The van der Waals surface area contributed by atoms with Crippen LogP contribution in [0.2, 0.25) is 5.02 Å². The second kappa shape index (κ2) is 4.82. The summed E-state index contributed by atoms with van der Waals surface area (Å²) in [6.45, 7) is 1.19. The molecule has 2 aromatic heterocycles. The third-order valence-corrected chi connectivity index (χ3v) is 3.92. The highest BCUT2D eigenvalue weighted by molar-refractivity contribution is 6.31. The number of hydrogen-bond donors (Lipinski definition) is 1. The highest BCUT2D eigenvalue weighted by Crippen LogP contribution is 2.41. The summed E-state index contributed by atoms with van der Waals surface area (Å²) in [6.07, 6.45) is 4.25. The molecule has 0 unspecified atom stereocenters. The minimum Gasteiger partial charge on any atom is -0.329 e. The standard InChI is InChI=1S/C14H15ClN6/c15-9-1-4-13-11(7-9)17-14(21(13)10-2-3-10)12-8-20(6-5-16)19-18-12/h1,4,7-8,10H,2-3,5-6,16H2. The largest absolute Gasteiger partial charge is 0.329 e. The molecule has 2 heterocycles. The molecule has 4 rings (SSSR count). The molecule has 2 N–H and O–H groups in total. The van der Waals surface area contributed by atoms with Crippen LogP contribution < -0.4 is 5.73 Å². The molecular weight excluding hydrogens is 288 g/mol. The second-order valence-electron chi connectivity index (χ2n) is 5.33. The first-order valence-electron chi connectivity index (χ1n) is 7.04. The van der Waals surface area contributed by atoms with Crippen molar-refractivity contribution in [1.29, 1.82) is 0 Å². The highest BCUT2D eigenvalue weighted by atomic mass is 35.5. The fourth-order valence-corrected chi connectivity index (χ4v) is 2.76. The average Bonchev–Trinajstić information content (AvgIpc) is 3.08. The molecule has 0 spiro atoms. The van der Waals surface area contributed by atoms with Crippen molar-refractivity contribution in [2.24, 2.45) is 5.73 Å². The van der Waals surface area contributed by atoms with Crippen molar-refractivity contribution in [1.82, 2.24) is 24.5 Å². The smallest absolute Gasteiger partial charge is 0.163 e. The fraction of sp³-hybridized carbons (Fsp3) is 0.357. The van der Waals surface area contributed by atoms with E-state index in [0.717, 1.165) is 22.6 Å². The topological polar surface area (TPSA) is 74.6 Å². The van der Waals surface area contributed by atoms with Crippen LogP contribution in [-0.2, 0) is 6.54 Å². The van der Waals surface area contributed by atoms with Crippen molar-refractivity contribution in [2.75, 3.05) is 6.54 Å². The molecule has 0 amide bonds. The van der Waals surface area contributed by atoms with Gasteiger partial charge in [-0.1, -0.05) is 16.8 Å². The molecule has 1 aliphatic rings. The van der Waals surface area contributed by atoms with Crippen molar-refractivity contribution in [2.45, 2.75) is 25.4 Å². The van der Waals surface area contributed by atoms with Gasteiger partial charge in [0.2, 0.25) is 0 Å². The summed E-state index contributed by atoms with van der Waals surface area (Å²) in [4.78, 5) is 4.71. The summed E-state index contributed by atoms with van der Waals surface area (Å²) in [7, 11) is 0. The number of nitrogens with two attached hydrogens (primary N) is 1. The van der Waals surface area contributed by atoms with Gasteiger partial charge in [0.15, 0.2) is 5.82 Å². The number of hydrogen-bond acceptors (Lipinski definition) is 4. The molecule has 1 aromatic carbocycles. The van der Waals surface area contributed by atoms with Crippen LogP contribution in [0.3, 0.4) is 0 Å². The summed E-state index contributed by atoms with van der Waals surface area (Å²) in [6, 6.07) is 6.32. The summed E-state index contributed by atoms with van der Waals surface area (Å²) in [5.74, 6) is 0.859. The van der Waals surface area contributed by atoms with Gasteiger partial charge in [-0.3, -0.25) is 4.68 Å². The maximum atomic E-state index is 6.07. The number of benzene rings is 1. The van der Waals surface area contributed by atoms with Crippen LogP contribution in [0.1, 0.15) is 18.9 Å². The highest BCUT2D eigenvalue weighted by Gasteiger charge is 2.29. The Morgan fingerprint density at radius 2 is 2.19 bits per heavy atom. The Hall–Kier alpha value is -1.92. The minimum atomic E-state index is 0.505. The lowest BCUT2D eigenvalue weighted by Gasteiger charge is -2.04. The van der Waals surface area contributed by atoms with Gasteiger partial charge in [-0.25, -0.2) is 4.98 Å². The number of rotatable bonds is 4. The Kier molecular flexibility index (Phi) is 2.94. The maximum absolute atomic E-state index is 6.07. The van der Waals surface area contributed by atoms with Gasteiger partial charge in [-0.2, -0.15) is 0 Å². The Bertz CT molecular complexity index is 801. The normalized spacial score (nSPS) is 15.0. The van der Waals surface area contributed by atoms with Gasteiger partial charge in [-0.05, 0) is 31.0 Å². The molecule has 1 saturated carbocycles. The molecule has 6 nitrogen and oxygen atoms in total. The molecule has 0 bridgehead atoms. The third kappa shape index (κ3) is 2.20.